The van der Waals surface area contributed by atoms with Gasteiger partial charge in [-0.15, -0.1) is 0 Å². The fraction of sp³-hybridized carbons (Fsp3) is 0.759. The highest BCUT2D eigenvalue weighted by atomic mass is 35.5. The van der Waals surface area contributed by atoms with E-state index in [9.17, 15) is 9.90 Å². The number of nitrogens with one attached hydrogen (secondary N) is 2. The van der Waals surface area contributed by atoms with Gasteiger partial charge in [0.25, 0.3) is 0 Å². The molecule has 0 unspecified atom stereocenters. The van der Waals surface area contributed by atoms with Crippen molar-refractivity contribution in [3.05, 3.63) is 34.6 Å². The Morgan fingerprint density at radius 3 is 2.70 bits per heavy atom. The SMILES string of the molecule is CN[C@H](C)[C@H](CC1CCCCC1)NC(=O)N1CCC[C@@H]([C@@](O)(CCCCOC)c2cccc(Cl)c2F)C1. The number of hydrogen-bond acceptors (Lipinski definition) is 4. The topological polar surface area (TPSA) is 73.8 Å². The summed E-state index contributed by atoms with van der Waals surface area (Å²) in [4.78, 5) is 15.3. The number of rotatable bonds is 12. The highest BCUT2D eigenvalue weighted by Gasteiger charge is 2.43. The average Bonchev–Trinajstić information content (AvgIpc) is 2.92. The summed E-state index contributed by atoms with van der Waals surface area (Å²) in [5.41, 5.74) is -1.19. The first-order valence-electron chi connectivity index (χ1n) is 14.2. The van der Waals surface area contributed by atoms with Crippen LogP contribution in [0.15, 0.2) is 18.2 Å². The van der Waals surface area contributed by atoms with Crippen LogP contribution in [-0.2, 0) is 10.3 Å². The van der Waals surface area contributed by atoms with Gasteiger partial charge in [-0.05, 0) is 64.5 Å². The Morgan fingerprint density at radius 2 is 2.00 bits per heavy atom. The molecule has 210 valence electrons. The number of halogens is 2. The molecule has 1 aromatic rings. The van der Waals surface area contributed by atoms with Gasteiger partial charge in [-0.2, -0.15) is 0 Å². The molecule has 1 heterocycles. The third-order valence-electron chi connectivity index (χ3n) is 8.64. The van der Waals surface area contributed by atoms with Crippen LogP contribution < -0.4 is 10.6 Å². The molecule has 1 aliphatic carbocycles. The monoisotopic (exact) mass is 539 g/mol. The molecule has 2 fully saturated rings. The number of carbonyl (C=O) groups is 1. The second-order valence-electron chi connectivity index (χ2n) is 11.1. The first kappa shape index (κ1) is 30.1. The summed E-state index contributed by atoms with van der Waals surface area (Å²) >= 11 is 6.12. The molecule has 3 N–H and O–H groups in total. The van der Waals surface area contributed by atoms with Crippen molar-refractivity contribution in [1.82, 2.24) is 15.5 Å². The van der Waals surface area contributed by atoms with Crippen molar-refractivity contribution in [1.29, 1.82) is 0 Å². The van der Waals surface area contributed by atoms with E-state index in [4.69, 9.17) is 16.3 Å². The molecule has 37 heavy (non-hydrogen) atoms. The van der Waals surface area contributed by atoms with E-state index >= 15 is 4.39 Å². The van der Waals surface area contributed by atoms with Gasteiger partial charge in [-0.1, -0.05) is 55.8 Å². The number of likely N-dealkylation sites (tertiary alicyclic amines) is 1. The largest absolute Gasteiger partial charge is 0.385 e. The zero-order valence-electron chi connectivity index (χ0n) is 22.9. The van der Waals surface area contributed by atoms with Crippen molar-refractivity contribution in [2.75, 3.05) is 33.9 Å². The maximum Gasteiger partial charge on any atom is 0.317 e. The number of methoxy groups -OCH3 is 1. The van der Waals surface area contributed by atoms with Crippen LogP contribution in [0.1, 0.15) is 83.1 Å². The number of likely N-dealkylation sites (N-methyl/N-ethyl adjacent to an activating group) is 1. The van der Waals surface area contributed by atoms with Crippen molar-refractivity contribution in [3.63, 3.8) is 0 Å². The molecule has 1 aromatic carbocycles. The second-order valence-corrected chi connectivity index (χ2v) is 11.5. The smallest absolute Gasteiger partial charge is 0.317 e. The Hall–Kier alpha value is -1.41. The number of carbonyl (C=O) groups excluding carboxylic acids is 1. The average molecular weight is 540 g/mol. The molecule has 2 amide bonds. The second kappa shape index (κ2) is 14.7. The molecule has 0 spiro atoms. The Kier molecular flexibility index (Phi) is 11.9. The van der Waals surface area contributed by atoms with Crippen molar-refractivity contribution in [2.24, 2.45) is 11.8 Å². The molecule has 0 bridgehead atoms. The van der Waals surface area contributed by atoms with Crippen LogP contribution in [-0.4, -0.2) is 62.0 Å². The Morgan fingerprint density at radius 1 is 1.24 bits per heavy atom. The van der Waals surface area contributed by atoms with Crippen molar-refractivity contribution < 1.29 is 19.0 Å². The van der Waals surface area contributed by atoms with E-state index in [2.05, 4.69) is 17.6 Å². The van der Waals surface area contributed by atoms with Gasteiger partial charge in [0, 0.05) is 50.4 Å². The quantitative estimate of drug-likeness (QED) is 0.291. The van der Waals surface area contributed by atoms with Gasteiger partial charge in [-0.3, -0.25) is 0 Å². The molecule has 0 radical (unpaired) electrons. The van der Waals surface area contributed by atoms with Gasteiger partial charge in [0.1, 0.15) is 5.82 Å². The number of hydrogen-bond donors (Lipinski definition) is 3. The van der Waals surface area contributed by atoms with E-state index in [0.29, 0.717) is 38.5 Å². The van der Waals surface area contributed by atoms with Gasteiger partial charge < -0.3 is 25.4 Å². The molecule has 0 aromatic heterocycles. The summed E-state index contributed by atoms with van der Waals surface area (Å²) in [5, 5.41) is 18.7. The van der Waals surface area contributed by atoms with E-state index < -0.39 is 11.4 Å². The van der Waals surface area contributed by atoms with E-state index in [1.807, 2.05) is 11.9 Å². The number of unbranched alkanes of at least 4 members (excludes halogenated alkanes) is 1. The van der Waals surface area contributed by atoms with Crippen LogP contribution in [0.5, 0.6) is 0 Å². The fourth-order valence-corrected chi connectivity index (χ4v) is 6.38. The number of benzene rings is 1. The summed E-state index contributed by atoms with van der Waals surface area (Å²) in [7, 11) is 3.59. The third kappa shape index (κ3) is 8.04. The van der Waals surface area contributed by atoms with Crippen LogP contribution in [0.4, 0.5) is 9.18 Å². The van der Waals surface area contributed by atoms with Crippen LogP contribution in [0, 0.1) is 17.7 Å². The van der Waals surface area contributed by atoms with Gasteiger partial charge in [0.2, 0.25) is 0 Å². The standard InChI is InChI=1S/C29H47ClFN3O3/c1-21(32-2)26(19-22-11-5-4-6-12-22)33-28(35)34-17-10-13-23(20-34)29(36,16-7-8-18-37-3)24-14-9-15-25(30)27(24)31/h9,14-15,21-23,26,32,36H,4-8,10-13,16-20H2,1-3H3,(H,33,35)/t21-,23-,26+,29+/m1/s1. The van der Waals surface area contributed by atoms with Gasteiger partial charge in [0.15, 0.2) is 0 Å². The third-order valence-corrected chi connectivity index (χ3v) is 8.93. The molecular weight excluding hydrogens is 493 g/mol. The highest BCUT2D eigenvalue weighted by Crippen LogP contribution is 2.42. The van der Waals surface area contributed by atoms with Gasteiger partial charge in [0.05, 0.1) is 10.6 Å². The minimum Gasteiger partial charge on any atom is -0.385 e. The van der Waals surface area contributed by atoms with E-state index in [1.165, 1.54) is 38.2 Å². The maximum atomic E-state index is 15.2. The number of aliphatic hydroxyl groups is 1. The summed E-state index contributed by atoms with van der Waals surface area (Å²) in [5.74, 6) is -0.219. The highest BCUT2D eigenvalue weighted by molar-refractivity contribution is 6.30. The lowest BCUT2D eigenvalue weighted by Crippen LogP contribution is -2.56. The summed E-state index contributed by atoms with van der Waals surface area (Å²) < 4.78 is 20.4. The zero-order chi connectivity index (χ0) is 26.8. The number of ether oxygens (including phenoxy) is 1. The summed E-state index contributed by atoms with van der Waals surface area (Å²) in [6.07, 6.45) is 10.6. The first-order chi connectivity index (χ1) is 17.8. The molecule has 1 saturated heterocycles. The molecule has 2 aliphatic rings. The van der Waals surface area contributed by atoms with Crippen LogP contribution in [0.3, 0.4) is 0 Å². The predicted molar refractivity (Wildman–Crippen MR) is 147 cm³/mol. The van der Waals surface area contributed by atoms with E-state index in [0.717, 1.165) is 25.7 Å². The number of urea groups is 1. The van der Waals surface area contributed by atoms with E-state index in [-0.39, 0.29) is 34.6 Å². The lowest BCUT2D eigenvalue weighted by molar-refractivity contribution is -0.0588. The zero-order valence-corrected chi connectivity index (χ0v) is 23.7. The van der Waals surface area contributed by atoms with Crippen molar-refractivity contribution >= 4 is 17.6 Å². The van der Waals surface area contributed by atoms with Crippen LogP contribution >= 0.6 is 11.6 Å². The molecule has 4 atom stereocenters. The van der Waals surface area contributed by atoms with Gasteiger partial charge in [-0.25, -0.2) is 9.18 Å². The normalized spacial score (nSPS) is 22.3. The summed E-state index contributed by atoms with van der Waals surface area (Å²) in [6.45, 7) is 3.71. The molecule has 1 aliphatic heterocycles. The molecule has 8 heteroatoms. The first-order valence-corrected chi connectivity index (χ1v) is 14.6. The van der Waals surface area contributed by atoms with Gasteiger partial charge >= 0.3 is 6.03 Å². The molecule has 6 nitrogen and oxygen atoms in total. The van der Waals surface area contributed by atoms with Crippen molar-refractivity contribution in [3.8, 4) is 0 Å². The van der Waals surface area contributed by atoms with Crippen LogP contribution in [0.25, 0.3) is 0 Å². The van der Waals surface area contributed by atoms with Crippen LogP contribution in [0.2, 0.25) is 5.02 Å². The molecule has 3 rings (SSSR count). The Labute approximate surface area is 227 Å². The number of nitrogens with zero attached hydrogens (tertiary/aromatic N) is 1. The molecular formula is C29H47ClFN3O3. The lowest BCUT2D eigenvalue weighted by Gasteiger charge is -2.43. The maximum absolute atomic E-state index is 15.2. The minimum atomic E-state index is -1.42. The Balaban J connectivity index is 1.74. The minimum absolute atomic E-state index is 0.00447. The molecule has 1 saturated carbocycles. The Bertz CT molecular complexity index is 854. The summed E-state index contributed by atoms with van der Waals surface area (Å²) in [6, 6.07) is 4.92. The predicted octanol–water partition coefficient (Wildman–Crippen LogP) is 5.85. The van der Waals surface area contributed by atoms with Crippen molar-refractivity contribution in [2.45, 2.75) is 95.2 Å². The number of piperidine rings is 1. The van der Waals surface area contributed by atoms with E-state index in [1.54, 1.807) is 19.2 Å². The number of amides is 2. The fourth-order valence-electron chi connectivity index (χ4n) is 6.21. The lowest BCUT2D eigenvalue weighted by atomic mass is 9.74.